The molecule has 0 spiro atoms. The van der Waals surface area contributed by atoms with Gasteiger partial charge in [-0.25, -0.2) is 0 Å². The van der Waals surface area contributed by atoms with Gasteiger partial charge in [0.2, 0.25) is 0 Å². The molecule has 4 nitrogen and oxygen atoms in total. The SMILES string of the molecule is CCCNCc1ccc(OCCCOC)cn1. The predicted octanol–water partition coefficient (Wildman–Crippen LogP) is 2.00. The van der Waals surface area contributed by atoms with Crippen molar-refractivity contribution in [3.63, 3.8) is 0 Å². The summed E-state index contributed by atoms with van der Waals surface area (Å²) in [5.41, 5.74) is 1.04. The summed E-state index contributed by atoms with van der Waals surface area (Å²) in [7, 11) is 1.69. The zero-order valence-corrected chi connectivity index (χ0v) is 10.7. The molecular formula is C13H22N2O2. The van der Waals surface area contributed by atoms with Crippen LogP contribution in [0.4, 0.5) is 0 Å². The lowest BCUT2D eigenvalue weighted by Crippen LogP contribution is -2.14. The molecule has 1 rings (SSSR count). The predicted molar refractivity (Wildman–Crippen MR) is 68.2 cm³/mol. The quantitative estimate of drug-likeness (QED) is 0.668. The summed E-state index contributed by atoms with van der Waals surface area (Å²) < 4.78 is 10.5. The maximum atomic E-state index is 5.53. The van der Waals surface area contributed by atoms with E-state index in [0.717, 1.165) is 44.0 Å². The van der Waals surface area contributed by atoms with Gasteiger partial charge in [-0.15, -0.1) is 0 Å². The Morgan fingerprint density at radius 3 is 2.82 bits per heavy atom. The summed E-state index contributed by atoms with van der Waals surface area (Å²) >= 11 is 0. The van der Waals surface area contributed by atoms with Gasteiger partial charge in [0.1, 0.15) is 5.75 Å². The second-order valence-corrected chi connectivity index (χ2v) is 3.86. The van der Waals surface area contributed by atoms with Crippen molar-refractivity contribution in [3.05, 3.63) is 24.0 Å². The van der Waals surface area contributed by atoms with Crippen LogP contribution in [-0.2, 0) is 11.3 Å². The van der Waals surface area contributed by atoms with E-state index in [4.69, 9.17) is 9.47 Å². The molecule has 0 atom stereocenters. The molecule has 1 aromatic rings. The normalized spacial score (nSPS) is 10.5. The second kappa shape index (κ2) is 8.96. The standard InChI is InChI=1S/C13H22N2O2/c1-3-7-14-10-12-5-6-13(11-15-12)17-9-4-8-16-2/h5-6,11,14H,3-4,7-10H2,1-2H3. The van der Waals surface area contributed by atoms with Crippen LogP contribution < -0.4 is 10.1 Å². The fourth-order valence-electron chi connectivity index (χ4n) is 1.39. The highest BCUT2D eigenvalue weighted by Gasteiger charge is 1.96. The van der Waals surface area contributed by atoms with Gasteiger partial charge in [-0.1, -0.05) is 6.92 Å². The molecule has 4 heteroatoms. The summed E-state index contributed by atoms with van der Waals surface area (Å²) in [5.74, 6) is 0.820. The average Bonchev–Trinajstić information content (AvgIpc) is 2.37. The molecule has 0 bridgehead atoms. The third-order valence-corrected chi connectivity index (χ3v) is 2.29. The van der Waals surface area contributed by atoms with Crippen molar-refractivity contribution in [2.24, 2.45) is 0 Å². The molecule has 0 radical (unpaired) electrons. The summed E-state index contributed by atoms with van der Waals surface area (Å²) in [6.45, 7) is 5.39. The Bertz CT molecular complexity index is 288. The van der Waals surface area contributed by atoms with Gasteiger partial charge in [-0.2, -0.15) is 0 Å². The largest absolute Gasteiger partial charge is 0.492 e. The number of nitrogens with zero attached hydrogens (tertiary/aromatic N) is 1. The lowest BCUT2D eigenvalue weighted by molar-refractivity contribution is 0.172. The molecule has 0 aliphatic heterocycles. The van der Waals surface area contributed by atoms with Crippen LogP contribution in [-0.4, -0.2) is 31.9 Å². The van der Waals surface area contributed by atoms with E-state index >= 15 is 0 Å². The van der Waals surface area contributed by atoms with Gasteiger partial charge in [0.05, 0.1) is 18.5 Å². The number of ether oxygens (including phenoxy) is 2. The van der Waals surface area contributed by atoms with Gasteiger partial charge in [-0.05, 0) is 25.1 Å². The Morgan fingerprint density at radius 2 is 2.18 bits per heavy atom. The molecule has 0 aromatic carbocycles. The van der Waals surface area contributed by atoms with Crippen molar-refractivity contribution in [1.29, 1.82) is 0 Å². The first-order valence-electron chi connectivity index (χ1n) is 6.14. The molecule has 0 unspecified atom stereocenters. The fourth-order valence-corrected chi connectivity index (χ4v) is 1.39. The van der Waals surface area contributed by atoms with E-state index < -0.39 is 0 Å². The number of aromatic nitrogens is 1. The van der Waals surface area contributed by atoms with Crippen LogP contribution in [0.25, 0.3) is 0 Å². The molecule has 1 heterocycles. The van der Waals surface area contributed by atoms with Gasteiger partial charge in [-0.3, -0.25) is 4.98 Å². The minimum absolute atomic E-state index is 0.670. The molecule has 0 saturated heterocycles. The van der Waals surface area contributed by atoms with Gasteiger partial charge in [0.25, 0.3) is 0 Å². The van der Waals surface area contributed by atoms with E-state index in [1.54, 1.807) is 13.3 Å². The van der Waals surface area contributed by atoms with Crippen molar-refractivity contribution in [2.75, 3.05) is 26.9 Å². The van der Waals surface area contributed by atoms with E-state index in [9.17, 15) is 0 Å². The summed E-state index contributed by atoms with van der Waals surface area (Å²) in [5, 5.41) is 3.31. The molecular weight excluding hydrogens is 216 g/mol. The number of hydrogen-bond acceptors (Lipinski definition) is 4. The number of hydrogen-bond donors (Lipinski definition) is 1. The Morgan fingerprint density at radius 1 is 1.29 bits per heavy atom. The molecule has 96 valence electrons. The second-order valence-electron chi connectivity index (χ2n) is 3.86. The topological polar surface area (TPSA) is 43.4 Å². The number of methoxy groups -OCH3 is 1. The Hall–Kier alpha value is -1.13. The van der Waals surface area contributed by atoms with E-state index in [-0.39, 0.29) is 0 Å². The summed E-state index contributed by atoms with van der Waals surface area (Å²) in [6, 6.07) is 3.96. The van der Waals surface area contributed by atoms with Crippen molar-refractivity contribution < 1.29 is 9.47 Å². The van der Waals surface area contributed by atoms with E-state index in [0.29, 0.717) is 6.61 Å². The minimum Gasteiger partial charge on any atom is -0.492 e. The van der Waals surface area contributed by atoms with Gasteiger partial charge in [0.15, 0.2) is 0 Å². The molecule has 1 N–H and O–H groups in total. The highest BCUT2D eigenvalue weighted by Crippen LogP contribution is 2.09. The van der Waals surface area contributed by atoms with Crippen molar-refractivity contribution in [3.8, 4) is 5.75 Å². The highest BCUT2D eigenvalue weighted by molar-refractivity contribution is 5.19. The first kappa shape index (κ1) is 13.9. The van der Waals surface area contributed by atoms with E-state index in [1.165, 1.54) is 0 Å². The fraction of sp³-hybridized carbons (Fsp3) is 0.615. The van der Waals surface area contributed by atoms with Crippen LogP contribution >= 0.6 is 0 Å². The van der Waals surface area contributed by atoms with Crippen LogP contribution in [0.3, 0.4) is 0 Å². The lowest BCUT2D eigenvalue weighted by Gasteiger charge is -2.06. The maximum absolute atomic E-state index is 5.53. The van der Waals surface area contributed by atoms with Crippen molar-refractivity contribution in [2.45, 2.75) is 26.3 Å². The number of rotatable bonds is 9. The molecule has 17 heavy (non-hydrogen) atoms. The van der Waals surface area contributed by atoms with E-state index in [1.807, 2.05) is 12.1 Å². The van der Waals surface area contributed by atoms with Crippen molar-refractivity contribution >= 4 is 0 Å². The van der Waals surface area contributed by atoms with Gasteiger partial charge < -0.3 is 14.8 Å². The van der Waals surface area contributed by atoms with Crippen LogP contribution in [0.15, 0.2) is 18.3 Å². The maximum Gasteiger partial charge on any atom is 0.137 e. The first-order chi connectivity index (χ1) is 8.36. The zero-order valence-electron chi connectivity index (χ0n) is 10.7. The summed E-state index contributed by atoms with van der Waals surface area (Å²) in [6.07, 6.45) is 3.81. The van der Waals surface area contributed by atoms with Crippen LogP contribution in [0, 0.1) is 0 Å². The van der Waals surface area contributed by atoms with Crippen LogP contribution in [0.1, 0.15) is 25.5 Å². The Labute approximate surface area is 103 Å². The number of pyridine rings is 1. The number of nitrogens with one attached hydrogen (secondary N) is 1. The Kier molecular flexibility index (Phi) is 7.34. The first-order valence-corrected chi connectivity index (χ1v) is 6.14. The highest BCUT2D eigenvalue weighted by atomic mass is 16.5. The van der Waals surface area contributed by atoms with Crippen LogP contribution in [0.5, 0.6) is 5.75 Å². The van der Waals surface area contributed by atoms with Crippen LogP contribution in [0.2, 0.25) is 0 Å². The molecule has 1 aromatic heterocycles. The monoisotopic (exact) mass is 238 g/mol. The van der Waals surface area contributed by atoms with E-state index in [2.05, 4.69) is 17.2 Å². The zero-order chi connectivity index (χ0) is 12.3. The third-order valence-electron chi connectivity index (χ3n) is 2.29. The Balaban J connectivity index is 2.24. The molecule has 0 aliphatic rings. The average molecular weight is 238 g/mol. The summed E-state index contributed by atoms with van der Waals surface area (Å²) in [4.78, 5) is 4.33. The molecule has 0 amide bonds. The van der Waals surface area contributed by atoms with Gasteiger partial charge >= 0.3 is 0 Å². The smallest absolute Gasteiger partial charge is 0.137 e. The van der Waals surface area contributed by atoms with Gasteiger partial charge in [0, 0.05) is 26.7 Å². The third kappa shape index (κ3) is 6.24. The molecule has 0 fully saturated rings. The minimum atomic E-state index is 0.670. The molecule has 0 aliphatic carbocycles. The molecule has 0 saturated carbocycles. The van der Waals surface area contributed by atoms with Crippen molar-refractivity contribution in [1.82, 2.24) is 10.3 Å². The lowest BCUT2D eigenvalue weighted by atomic mass is 10.3.